The summed E-state index contributed by atoms with van der Waals surface area (Å²) in [4.78, 5) is 18.9. The molecule has 2 heterocycles. The molecule has 88 valence electrons. The number of furan rings is 1. The van der Waals surface area contributed by atoms with Crippen LogP contribution in [0, 0.1) is 0 Å². The van der Waals surface area contributed by atoms with Crippen LogP contribution in [0.15, 0.2) is 51.9 Å². The molecule has 0 unspecified atom stereocenters. The van der Waals surface area contributed by atoms with E-state index in [2.05, 4.69) is 9.97 Å². The summed E-state index contributed by atoms with van der Waals surface area (Å²) in [6.45, 7) is 0. The Bertz CT molecular complexity index is 755. The van der Waals surface area contributed by atoms with Gasteiger partial charge in [0.05, 0.1) is 17.2 Å². The zero-order valence-corrected chi connectivity index (χ0v) is 9.46. The number of hydrogen-bond donors (Lipinski definition) is 1. The quantitative estimate of drug-likeness (QED) is 0.746. The molecule has 0 bridgehead atoms. The van der Waals surface area contributed by atoms with Gasteiger partial charge in [0.2, 0.25) is 0 Å². The predicted octanol–water partition coefficient (Wildman–Crippen LogP) is 2.69. The number of aromatic nitrogens is 2. The summed E-state index contributed by atoms with van der Waals surface area (Å²) in [7, 11) is 0. The molecule has 3 rings (SSSR count). The van der Waals surface area contributed by atoms with Crippen molar-refractivity contribution < 1.29 is 4.42 Å². The average molecular weight is 238 g/mol. The summed E-state index contributed by atoms with van der Waals surface area (Å²) in [6.07, 6.45) is 5.07. The summed E-state index contributed by atoms with van der Waals surface area (Å²) in [5, 5.41) is 0.590. The maximum atomic E-state index is 11.8. The molecule has 3 aromatic rings. The maximum Gasteiger partial charge on any atom is 0.259 e. The van der Waals surface area contributed by atoms with Gasteiger partial charge in [-0.3, -0.25) is 4.79 Å². The van der Waals surface area contributed by atoms with E-state index in [1.165, 1.54) is 0 Å². The number of aromatic amines is 1. The average Bonchev–Trinajstić information content (AvgIpc) is 2.90. The highest BCUT2D eigenvalue weighted by molar-refractivity contribution is 5.78. The van der Waals surface area contributed by atoms with Crippen LogP contribution in [-0.4, -0.2) is 9.97 Å². The lowest BCUT2D eigenvalue weighted by Crippen LogP contribution is -2.09. The van der Waals surface area contributed by atoms with Crippen molar-refractivity contribution in [3.63, 3.8) is 0 Å². The molecule has 0 aliphatic rings. The topological polar surface area (TPSA) is 58.9 Å². The van der Waals surface area contributed by atoms with E-state index in [0.717, 1.165) is 0 Å². The molecule has 0 aliphatic heterocycles. The number of fused-ring (bicyclic) bond motifs is 1. The van der Waals surface area contributed by atoms with Gasteiger partial charge in [0.15, 0.2) is 0 Å². The Hall–Kier alpha value is -2.62. The molecule has 0 fully saturated rings. The molecule has 18 heavy (non-hydrogen) atoms. The standard InChI is InChI=1S/C14H10N2O2/c17-14-11-5-1-2-6-12(11)15-13(16-14)8-7-10-4-3-9-18-10/h1-9H,(H,15,16,17). The van der Waals surface area contributed by atoms with Crippen LogP contribution in [0.4, 0.5) is 0 Å². The number of H-pyrrole nitrogens is 1. The van der Waals surface area contributed by atoms with Crippen molar-refractivity contribution in [2.75, 3.05) is 0 Å². The molecular formula is C14H10N2O2. The van der Waals surface area contributed by atoms with E-state index in [1.54, 1.807) is 30.5 Å². The summed E-state index contributed by atoms with van der Waals surface area (Å²) < 4.78 is 5.17. The second-order valence-electron chi connectivity index (χ2n) is 3.82. The van der Waals surface area contributed by atoms with Gasteiger partial charge < -0.3 is 9.40 Å². The first-order chi connectivity index (χ1) is 8.83. The molecule has 0 spiro atoms. The third-order valence-electron chi connectivity index (χ3n) is 2.58. The van der Waals surface area contributed by atoms with E-state index in [-0.39, 0.29) is 5.56 Å². The number of para-hydroxylation sites is 1. The first-order valence-electron chi connectivity index (χ1n) is 5.53. The minimum Gasteiger partial charge on any atom is -0.465 e. The molecular weight excluding hydrogens is 228 g/mol. The Balaban J connectivity index is 2.06. The Morgan fingerprint density at radius 2 is 2.00 bits per heavy atom. The maximum absolute atomic E-state index is 11.8. The summed E-state index contributed by atoms with van der Waals surface area (Å²) in [5.74, 6) is 1.22. The Labute approximate surface area is 103 Å². The zero-order chi connectivity index (χ0) is 12.4. The second kappa shape index (κ2) is 4.33. The largest absolute Gasteiger partial charge is 0.465 e. The molecule has 0 saturated heterocycles. The first kappa shape index (κ1) is 10.5. The molecule has 0 saturated carbocycles. The van der Waals surface area contributed by atoms with Crippen molar-refractivity contribution in [1.82, 2.24) is 9.97 Å². The lowest BCUT2D eigenvalue weighted by molar-refractivity contribution is 0.557. The third-order valence-corrected chi connectivity index (χ3v) is 2.58. The van der Waals surface area contributed by atoms with Gasteiger partial charge in [-0.05, 0) is 36.4 Å². The van der Waals surface area contributed by atoms with E-state index < -0.39 is 0 Å². The fraction of sp³-hybridized carbons (Fsp3) is 0. The first-order valence-corrected chi connectivity index (χ1v) is 5.53. The van der Waals surface area contributed by atoms with Gasteiger partial charge in [-0.2, -0.15) is 0 Å². The minimum atomic E-state index is -0.139. The second-order valence-corrected chi connectivity index (χ2v) is 3.82. The van der Waals surface area contributed by atoms with E-state index in [4.69, 9.17) is 4.42 Å². The molecule has 0 radical (unpaired) electrons. The van der Waals surface area contributed by atoms with Crippen molar-refractivity contribution in [2.24, 2.45) is 0 Å². The SMILES string of the molecule is O=c1[nH]c(C=Cc2ccco2)nc2ccccc12. The van der Waals surface area contributed by atoms with Gasteiger partial charge >= 0.3 is 0 Å². The van der Waals surface area contributed by atoms with Crippen LogP contribution in [0.3, 0.4) is 0 Å². The smallest absolute Gasteiger partial charge is 0.259 e. The fourth-order valence-corrected chi connectivity index (χ4v) is 1.73. The van der Waals surface area contributed by atoms with Gasteiger partial charge in [-0.25, -0.2) is 4.98 Å². The molecule has 1 aromatic carbocycles. The van der Waals surface area contributed by atoms with Crippen molar-refractivity contribution >= 4 is 23.1 Å². The Morgan fingerprint density at radius 3 is 2.83 bits per heavy atom. The number of nitrogens with zero attached hydrogens (tertiary/aromatic N) is 1. The van der Waals surface area contributed by atoms with Gasteiger partial charge in [0.25, 0.3) is 5.56 Å². The van der Waals surface area contributed by atoms with E-state index in [9.17, 15) is 4.79 Å². The molecule has 0 atom stereocenters. The molecule has 4 heteroatoms. The van der Waals surface area contributed by atoms with Crippen LogP contribution in [0.25, 0.3) is 23.1 Å². The van der Waals surface area contributed by atoms with Gasteiger partial charge in [0, 0.05) is 0 Å². The Morgan fingerprint density at radius 1 is 1.11 bits per heavy atom. The summed E-state index contributed by atoms with van der Waals surface area (Å²) in [6, 6.07) is 10.9. The predicted molar refractivity (Wildman–Crippen MR) is 70.0 cm³/mol. The third kappa shape index (κ3) is 1.96. The number of hydrogen-bond acceptors (Lipinski definition) is 3. The number of rotatable bonds is 2. The van der Waals surface area contributed by atoms with Crippen LogP contribution in [0.2, 0.25) is 0 Å². The monoisotopic (exact) mass is 238 g/mol. The summed E-state index contributed by atoms with van der Waals surface area (Å²) >= 11 is 0. The molecule has 1 N–H and O–H groups in total. The van der Waals surface area contributed by atoms with E-state index >= 15 is 0 Å². The minimum absolute atomic E-state index is 0.139. The highest BCUT2D eigenvalue weighted by Crippen LogP contribution is 2.08. The molecule has 0 aliphatic carbocycles. The molecule has 4 nitrogen and oxygen atoms in total. The van der Waals surface area contributed by atoms with Crippen molar-refractivity contribution in [2.45, 2.75) is 0 Å². The normalized spacial score (nSPS) is 11.3. The van der Waals surface area contributed by atoms with Crippen LogP contribution in [0.5, 0.6) is 0 Å². The van der Waals surface area contributed by atoms with Gasteiger partial charge in [-0.1, -0.05) is 12.1 Å². The fourth-order valence-electron chi connectivity index (χ4n) is 1.73. The zero-order valence-electron chi connectivity index (χ0n) is 9.46. The van der Waals surface area contributed by atoms with Crippen molar-refractivity contribution in [1.29, 1.82) is 0 Å². The van der Waals surface area contributed by atoms with Crippen molar-refractivity contribution in [3.8, 4) is 0 Å². The van der Waals surface area contributed by atoms with Gasteiger partial charge in [0.1, 0.15) is 11.6 Å². The Kier molecular flexibility index (Phi) is 2.53. The number of nitrogens with one attached hydrogen (secondary N) is 1. The van der Waals surface area contributed by atoms with Crippen LogP contribution < -0.4 is 5.56 Å². The van der Waals surface area contributed by atoms with E-state index in [1.807, 2.05) is 24.3 Å². The van der Waals surface area contributed by atoms with Gasteiger partial charge in [-0.15, -0.1) is 0 Å². The highest BCUT2D eigenvalue weighted by atomic mass is 16.3. The molecule has 0 amide bonds. The lowest BCUT2D eigenvalue weighted by atomic mass is 10.2. The van der Waals surface area contributed by atoms with Crippen molar-refractivity contribution in [3.05, 3.63) is 64.6 Å². The van der Waals surface area contributed by atoms with Crippen LogP contribution in [0.1, 0.15) is 11.6 Å². The van der Waals surface area contributed by atoms with E-state index in [0.29, 0.717) is 22.5 Å². The summed E-state index contributed by atoms with van der Waals surface area (Å²) in [5.41, 5.74) is 0.542. The van der Waals surface area contributed by atoms with Crippen LogP contribution in [-0.2, 0) is 0 Å². The molecule has 2 aromatic heterocycles. The lowest BCUT2D eigenvalue weighted by Gasteiger charge is -1.97. The van der Waals surface area contributed by atoms with Crippen LogP contribution >= 0.6 is 0 Å². The highest BCUT2D eigenvalue weighted by Gasteiger charge is 2.00. The number of benzene rings is 1.